The number of ether oxygens (including phenoxy) is 1. The normalized spacial score (nSPS) is 10.8. The monoisotopic (exact) mass is 320 g/mol. The quantitative estimate of drug-likeness (QED) is 0.625. The van der Waals surface area contributed by atoms with Crippen LogP contribution in [-0.4, -0.2) is 12.5 Å². The Hall–Kier alpha value is -3.06. The average molecular weight is 320 g/mol. The molecule has 1 N–H and O–H groups in total. The van der Waals surface area contributed by atoms with Gasteiger partial charge >= 0.3 is 0 Å². The molecule has 122 valence electrons. The van der Waals surface area contributed by atoms with Gasteiger partial charge in [-0.2, -0.15) is 5.26 Å². The van der Waals surface area contributed by atoms with Crippen LogP contribution in [0.4, 0.5) is 0 Å². The number of amides is 1. The fraction of sp³-hybridized carbons (Fsp3) is 0.200. The van der Waals surface area contributed by atoms with E-state index in [1.165, 1.54) is 0 Å². The lowest BCUT2D eigenvalue weighted by atomic mass is 10.1. The van der Waals surface area contributed by atoms with Gasteiger partial charge in [0.1, 0.15) is 24.0 Å². The van der Waals surface area contributed by atoms with Crippen LogP contribution in [0.5, 0.6) is 5.75 Å². The molecule has 0 saturated heterocycles. The highest BCUT2D eigenvalue weighted by molar-refractivity contribution is 6.01. The molecule has 0 atom stereocenters. The molecule has 0 spiro atoms. The smallest absolute Gasteiger partial charge is 0.261 e. The minimum absolute atomic E-state index is 0.0687. The molecule has 2 aromatic rings. The lowest BCUT2D eigenvalue weighted by Crippen LogP contribution is -2.25. The highest BCUT2D eigenvalue weighted by Gasteiger charge is 2.10. The second kappa shape index (κ2) is 9.16. The third-order valence-electron chi connectivity index (χ3n) is 3.36. The molecule has 0 aliphatic carbocycles. The maximum atomic E-state index is 12.0. The molecule has 2 rings (SSSR count). The van der Waals surface area contributed by atoms with Crippen molar-refractivity contribution in [1.82, 2.24) is 5.32 Å². The Morgan fingerprint density at radius 1 is 1.17 bits per heavy atom. The maximum Gasteiger partial charge on any atom is 0.261 e. The molecular formula is C20H20N2O2. The Labute approximate surface area is 142 Å². The third-order valence-corrected chi connectivity index (χ3v) is 3.36. The summed E-state index contributed by atoms with van der Waals surface area (Å²) in [5, 5.41) is 11.9. The van der Waals surface area contributed by atoms with Crippen LogP contribution in [0.25, 0.3) is 6.08 Å². The Bertz CT molecular complexity index is 746. The van der Waals surface area contributed by atoms with Crippen molar-refractivity contribution in [1.29, 1.82) is 5.26 Å². The molecule has 0 saturated carbocycles. The SMILES string of the molecule is CCCNC(=O)/C(C#N)=C\c1ccccc1OCc1ccccc1. The average Bonchev–Trinajstić information content (AvgIpc) is 2.64. The molecule has 1 amide bonds. The minimum atomic E-state index is -0.364. The molecule has 0 aliphatic heterocycles. The molecule has 24 heavy (non-hydrogen) atoms. The van der Waals surface area contributed by atoms with Crippen LogP contribution >= 0.6 is 0 Å². The predicted octanol–water partition coefficient (Wildman–Crippen LogP) is 3.70. The molecule has 4 heteroatoms. The summed E-state index contributed by atoms with van der Waals surface area (Å²) in [5.74, 6) is 0.273. The number of nitriles is 1. The van der Waals surface area contributed by atoms with E-state index in [9.17, 15) is 10.1 Å². The number of benzene rings is 2. The minimum Gasteiger partial charge on any atom is -0.488 e. The summed E-state index contributed by atoms with van der Waals surface area (Å²) in [6, 6.07) is 19.1. The summed E-state index contributed by atoms with van der Waals surface area (Å²) in [7, 11) is 0. The molecular weight excluding hydrogens is 300 g/mol. The molecule has 0 heterocycles. The van der Waals surface area contributed by atoms with Gasteiger partial charge in [-0.05, 0) is 24.1 Å². The number of para-hydroxylation sites is 1. The van der Waals surface area contributed by atoms with E-state index in [4.69, 9.17) is 4.74 Å². The number of carbonyl (C=O) groups excluding carboxylic acids is 1. The lowest BCUT2D eigenvalue weighted by Gasteiger charge is -2.10. The van der Waals surface area contributed by atoms with Gasteiger partial charge in [-0.1, -0.05) is 55.5 Å². The van der Waals surface area contributed by atoms with Crippen molar-refractivity contribution in [3.8, 4) is 11.8 Å². The van der Waals surface area contributed by atoms with E-state index in [2.05, 4.69) is 5.32 Å². The van der Waals surface area contributed by atoms with Crippen LogP contribution in [-0.2, 0) is 11.4 Å². The van der Waals surface area contributed by atoms with E-state index in [0.717, 1.165) is 12.0 Å². The van der Waals surface area contributed by atoms with Crippen molar-refractivity contribution >= 4 is 12.0 Å². The number of carbonyl (C=O) groups is 1. The number of hydrogen-bond acceptors (Lipinski definition) is 3. The van der Waals surface area contributed by atoms with Gasteiger partial charge in [0, 0.05) is 12.1 Å². The van der Waals surface area contributed by atoms with Crippen molar-refractivity contribution in [3.05, 3.63) is 71.3 Å². The first-order chi connectivity index (χ1) is 11.7. The summed E-state index contributed by atoms with van der Waals surface area (Å²) >= 11 is 0. The van der Waals surface area contributed by atoms with E-state index in [1.807, 2.05) is 67.6 Å². The number of rotatable bonds is 7. The van der Waals surface area contributed by atoms with Crippen molar-refractivity contribution < 1.29 is 9.53 Å². The van der Waals surface area contributed by atoms with Gasteiger partial charge < -0.3 is 10.1 Å². The first kappa shape index (κ1) is 17.3. The topological polar surface area (TPSA) is 62.1 Å². The maximum absolute atomic E-state index is 12.0. The zero-order chi connectivity index (χ0) is 17.2. The van der Waals surface area contributed by atoms with Gasteiger partial charge in [0.05, 0.1) is 0 Å². The van der Waals surface area contributed by atoms with Gasteiger partial charge in [0.15, 0.2) is 0 Å². The largest absolute Gasteiger partial charge is 0.488 e. The summed E-state index contributed by atoms with van der Waals surface area (Å²) in [6.45, 7) is 2.93. The second-order valence-corrected chi connectivity index (χ2v) is 5.24. The van der Waals surface area contributed by atoms with Crippen molar-refractivity contribution in [2.75, 3.05) is 6.54 Å². The first-order valence-electron chi connectivity index (χ1n) is 7.90. The highest BCUT2D eigenvalue weighted by Crippen LogP contribution is 2.22. The van der Waals surface area contributed by atoms with Crippen LogP contribution in [0, 0.1) is 11.3 Å². The van der Waals surface area contributed by atoms with Gasteiger partial charge in [-0.25, -0.2) is 0 Å². The standard InChI is InChI=1S/C20H20N2O2/c1-2-12-22-20(23)18(14-21)13-17-10-6-7-11-19(17)24-15-16-8-4-3-5-9-16/h3-11,13H,2,12,15H2,1H3,(H,22,23)/b18-13-. The third kappa shape index (κ3) is 4.99. The molecule has 0 bridgehead atoms. The number of nitrogens with one attached hydrogen (secondary N) is 1. The Morgan fingerprint density at radius 2 is 1.88 bits per heavy atom. The van der Waals surface area contributed by atoms with Crippen LogP contribution in [0.3, 0.4) is 0 Å². The van der Waals surface area contributed by atoms with Crippen molar-refractivity contribution in [2.45, 2.75) is 20.0 Å². The van der Waals surface area contributed by atoms with Crippen LogP contribution in [0.1, 0.15) is 24.5 Å². The highest BCUT2D eigenvalue weighted by atomic mass is 16.5. The fourth-order valence-corrected chi connectivity index (χ4v) is 2.10. The zero-order valence-electron chi connectivity index (χ0n) is 13.7. The second-order valence-electron chi connectivity index (χ2n) is 5.24. The van der Waals surface area contributed by atoms with E-state index < -0.39 is 0 Å². The summed E-state index contributed by atoms with van der Waals surface area (Å²) in [4.78, 5) is 12.0. The van der Waals surface area contributed by atoms with Crippen molar-refractivity contribution in [3.63, 3.8) is 0 Å². The fourth-order valence-electron chi connectivity index (χ4n) is 2.10. The zero-order valence-corrected chi connectivity index (χ0v) is 13.7. The van der Waals surface area contributed by atoms with E-state index in [-0.39, 0.29) is 11.5 Å². The number of nitrogens with zero attached hydrogens (tertiary/aromatic N) is 1. The molecule has 4 nitrogen and oxygen atoms in total. The molecule has 0 fully saturated rings. The van der Waals surface area contributed by atoms with Gasteiger partial charge in [-0.15, -0.1) is 0 Å². The molecule has 0 unspecified atom stereocenters. The summed E-state index contributed by atoms with van der Waals surface area (Å²) < 4.78 is 5.84. The van der Waals surface area contributed by atoms with E-state index >= 15 is 0 Å². The Morgan fingerprint density at radius 3 is 2.58 bits per heavy atom. The van der Waals surface area contributed by atoms with Crippen LogP contribution < -0.4 is 10.1 Å². The number of hydrogen-bond donors (Lipinski definition) is 1. The van der Waals surface area contributed by atoms with Crippen LogP contribution in [0.15, 0.2) is 60.2 Å². The molecule has 0 aliphatic rings. The van der Waals surface area contributed by atoms with E-state index in [0.29, 0.717) is 24.5 Å². The van der Waals surface area contributed by atoms with Gasteiger partial charge in [0.2, 0.25) is 0 Å². The van der Waals surface area contributed by atoms with Crippen molar-refractivity contribution in [2.24, 2.45) is 0 Å². The Balaban J connectivity index is 2.16. The molecule has 0 radical (unpaired) electrons. The molecule has 0 aromatic heterocycles. The first-order valence-corrected chi connectivity index (χ1v) is 7.90. The summed E-state index contributed by atoms with van der Waals surface area (Å²) in [5.41, 5.74) is 1.83. The van der Waals surface area contributed by atoms with Crippen LogP contribution in [0.2, 0.25) is 0 Å². The van der Waals surface area contributed by atoms with E-state index in [1.54, 1.807) is 6.08 Å². The summed E-state index contributed by atoms with van der Waals surface area (Å²) in [6.07, 6.45) is 2.38. The van der Waals surface area contributed by atoms with Gasteiger partial charge in [0.25, 0.3) is 5.91 Å². The van der Waals surface area contributed by atoms with Gasteiger partial charge in [-0.3, -0.25) is 4.79 Å². The Kier molecular flexibility index (Phi) is 6.60. The predicted molar refractivity (Wildman–Crippen MR) is 94.1 cm³/mol. The lowest BCUT2D eigenvalue weighted by molar-refractivity contribution is -0.117. The molecule has 2 aromatic carbocycles.